The molecule has 7 nitrogen and oxygen atoms in total. The van der Waals surface area contributed by atoms with Crippen LogP contribution in [-0.2, 0) is 19.7 Å². The van der Waals surface area contributed by atoms with Gasteiger partial charge in [0.2, 0.25) is 0 Å². The molecular formula is C10H23N3O4S. The van der Waals surface area contributed by atoms with E-state index in [1.54, 1.807) is 7.05 Å². The zero-order valence-corrected chi connectivity index (χ0v) is 11.8. The summed E-state index contributed by atoms with van der Waals surface area (Å²) in [6.45, 7) is 3.06. The number of ether oxygens (including phenoxy) is 2. The lowest BCUT2D eigenvalue weighted by Crippen LogP contribution is -2.45. The van der Waals surface area contributed by atoms with Crippen molar-refractivity contribution in [2.75, 3.05) is 53.6 Å². The summed E-state index contributed by atoms with van der Waals surface area (Å²) >= 11 is 0. The number of hydrogen-bond donors (Lipinski definition) is 2. The largest absolute Gasteiger partial charge is 0.376 e. The summed E-state index contributed by atoms with van der Waals surface area (Å²) in [5.74, 6) is 0. The first-order valence-corrected chi connectivity index (χ1v) is 7.55. The first-order valence-electron chi connectivity index (χ1n) is 6.11. The molecule has 1 unspecified atom stereocenters. The molecule has 0 aromatic carbocycles. The second kappa shape index (κ2) is 8.03. The smallest absolute Gasteiger partial charge is 0.279 e. The lowest BCUT2D eigenvalue weighted by molar-refractivity contribution is -0.0847. The maximum Gasteiger partial charge on any atom is 0.279 e. The van der Waals surface area contributed by atoms with E-state index in [9.17, 15) is 8.42 Å². The Morgan fingerprint density at radius 3 is 2.78 bits per heavy atom. The molecule has 0 bridgehead atoms. The quantitative estimate of drug-likeness (QED) is 0.545. The topological polar surface area (TPSA) is 79.9 Å². The van der Waals surface area contributed by atoms with Gasteiger partial charge in [-0.05, 0) is 20.0 Å². The van der Waals surface area contributed by atoms with E-state index in [1.165, 1.54) is 4.31 Å². The van der Waals surface area contributed by atoms with Crippen LogP contribution in [0.4, 0.5) is 0 Å². The number of nitrogens with zero attached hydrogens (tertiary/aromatic N) is 1. The van der Waals surface area contributed by atoms with Crippen molar-refractivity contribution in [1.29, 1.82) is 0 Å². The fourth-order valence-electron chi connectivity index (χ4n) is 1.56. The van der Waals surface area contributed by atoms with Crippen molar-refractivity contribution < 1.29 is 17.9 Å². The molecule has 8 heteroatoms. The maximum atomic E-state index is 11.9. The number of hydrogen-bond acceptors (Lipinski definition) is 5. The lowest BCUT2D eigenvalue weighted by atomic mass is 10.3. The monoisotopic (exact) mass is 281 g/mol. The van der Waals surface area contributed by atoms with Gasteiger partial charge in [-0.25, -0.2) is 0 Å². The fourth-order valence-corrected chi connectivity index (χ4v) is 2.55. The minimum absolute atomic E-state index is 0.195. The normalized spacial score (nSPS) is 21.4. The van der Waals surface area contributed by atoms with Crippen molar-refractivity contribution in [3.05, 3.63) is 0 Å². The Hall–Kier alpha value is -0.250. The van der Waals surface area contributed by atoms with Gasteiger partial charge in [0.1, 0.15) is 0 Å². The Morgan fingerprint density at radius 2 is 2.17 bits per heavy atom. The molecule has 0 aliphatic carbocycles. The van der Waals surface area contributed by atoms with Gasteiger partial charge in [0.05, 0.1) is 25.9 Å². The van der Waals surface area contributed by atoms with Gasteiger partial charge < -0.3 is 14.8 Å². The van der Waals surface area contributed by atoms with E-state index in [0.29, 0.717) is 26.4 Å². The van der Waals surface area contributed by atoms with Crippen LogP contribution < -0.4 is 10.0 Å². The molecule has 1 rings (SSSR count). The van der Waals surface area contributed by atoms with Gasteiger partial charge in [-0.3, -0.25) is 0 Å². The van der Waals surface area contributed by atoms with Gasteiger partial charge in [0.25, 0.3) is 10.2 Å². The van der Waals surface area contributed by atoms with Crippen LogP contribution in [0, 0.1) is 0 Å². The van der Waals surface area contributed by atoms with E-state index >= 15 is 0 Å². The highest BCUT2D eigenvalue weighted by molar-refractivity contribution is 7.87. The van der Waals surface area contributed by atoms with E-state index < -0.39 is 10.2 Å². The van der Waals surface area contributed by atoms with Crippen LogP contribution in [0.2, 0.25) is 0 Å². The Bertz CT molecular complexity index is 317. The highest BCUT2D eigenvalue weighted by atomic mass is 32.2. The van der Waals surface area contributed by atoms with E-state index in [2.05, 4.69) is 10.0 Å². The minimum Gasteiger partial charge on any atom is -0.376 e. The zero-order chi connectivity index (χ0) is 13.4. The van der Waals surface area contributed by atoms with E-state index in [4.69, 9.17) is 9.47 Å². The molecule has 2 N–H and O–H groups in total. The molecule has 0 aromatic rings. The fraction of sp³-hybridized carbons (Fsp3) is 1.00. The molecule has 1 fully saturated rings. The van der Waals surface area contributed by atoms with Gasteiger partial charge in [0, 0.05) is 20.1 Å². The summed E-state index contributed by atoms with van der Waals surface area (Å²) < 4.78 is 38.1. The molecule has 108 valence electrons. The molecule has 1 aliphatic rings. The van der Waals surface area contributed by atoms with Crippen LogP contribution in [0.1, 0.15) is 6.42 Å². The molecule has 1 heterocycles. The molecular weight excluding hydrogens is 258 g/mol. The van der Waals surface area contributed by atoms with Gasteiger partial charge in [-0.1, -0.05) is 0 Å². The summed E-state index contributed by atoms with van der Waals surface area (Å²) in [4.78, 5) is 0. The molecule has 1 atom stereocenters. The first kappa shape index (κ1) is 15.8. The van der Waals surface area contributed by atoms with Crippen molar-refractivity contribution in [3.8, 4) is 0 Å². The number of rotatable bonds is 8. The van der Waals surface area contributed by atoms with Gasteiger partial charge in [-0.15, -0.1) is 0 Å². The molecule has 0 spiro atoms. The molecule has 0 radical (unpaired) electrons. The average molecular weight is 281 g/mol. The Kier molecular flexibility index (Phi) is 7.05. The van der Waals surface area contributed by atoms with Crippen molar-refractivity contribution in [3.63, 3.8) is 0 Å². The second-order valence-electron chi connectivity index (χ2n) is 4.20. The molecule has 0 aromatic heterocycles. The summed E-state index contributed by atoms with van der Waals surface area (Å²) in [6, 6.07) is 0. The van der Waals surface area contributed by atoms with E-state index in [1.807, 2.05) is 7.05 Å². The zero-order valence-electron chi connectivity index (χ0n) is 11.0. The molecule has 0 saturated carbocycles. The van der Waals surface area contributed by atoms with Crippen LogP contribution in [0.3, 0.4) is 0 Å². The third-order valence-electron chi connectivity index (χ3n) is 2.69. The predicted molar refractivity (Wildman–Crippen MR) is 68.7 cm³/mol. The summed E-state index contributed by atoms with van der Waals surface area (Å²) in [7, 11) is -0.0140. The van der Waals surface area contributed by atoms with E-state index in [-0.39, 0.29) is 12.6 Å². The van der Waals surface area contributed by atoms with Gasteiger partial charge in [-0.2, -0.15) is 17.4 Å². The standard InChI is InChI=1S/C10H23N3O4S/c1-11-4-3-5-13(2)18(14,15)12-8-10-9-16-6-7-17-10/h10-12H,3-9H2,1-2H3. The lowest BCUT2D eigenvalue weighted by Gasteiger charge is -2.24. The van der Waals surface area contributed by atoms with Gasteiger partial charge in [0.15, 0.2) is 0 Å². The SMILES string of the molecule is CNCCCN(C)S(=O)(=O)NCC1COCCO1. The van der Waals surface area contributed by atoms with Crippen molar-refractivity contribution in [2.45, 2.75) is 12.5 Å². The Balaban J connectivity index is 2.28. The summed E-state index contributed by atoms with van der Waals surface area (Å²) in [5, 5.41) is 2.98. The van der Waals surface area contributed by atoms with Crippen molar-refractivity contribution in [1.82, 2.24) is 14.3 Å². The Morgan fingerprint density at radius 1 is 1.39 bits per heavy atom. The third kappa shape index (κ3) is 5.59. The number of nitrogens with one attached hydrogen (secondary N) is 2. The molecule has 18 heavy (non-hydrogen) atoms. The van der Waals surface area contributed by atoms with Crippen LogP contribution >= 0.6 is 0 Å². The summed E-state index contributed by atoms with van der Waals surface area (Å²) in [6.07, 6.45) is 0.580. The van der Waals surface area contributed by atoms with Crippen LogP contribution in [-0.4, -0.2) is 72.4 Å². The summed E-state index contributed by atoms with van der Waals surface area (Å²) in [5.41, 5.74) is 0. The average Bonchev–Trinajstić information content (AvgIpc) is 2.38. The maximum absolute atomic E-state index is 11.9. The minimum atomic E-state index is -3.42. The third-order valence-corrected chi connectivity index (χ3v) is 4.22. The van der Waals surface area contributed by atoms with Crippen molar-refractivity contribution >= 4 is 10.2 Å². The van der Waals surface area contributed by atoms with E-state index in [0.717, 1.165) is 13.0 Å². The second-order valence-corrected chi connectivity index (χ2v) is 6.06. The van der Waals surface area contributed by atoms with Gasteiger partial charge >= 0.3 is 0 Å². The van der Waals surface area contributed by atoms with Crippen LogP contribution in [0.15, 0.2) is 0 Å². The highest BCUT2D eigenvalue weighted by Crippen LogP contribution is 2.01. The Labute approximate surface area is 109 Å². The molecule has 0 amide bonds. The first-order chi connectivity index (χ1) is 8.56. The van der Waals surface area contributed by atoms with Crippen molar-refractivity contribution in [2.24, 2.45) is 0 Å². The highest BCUT2D eigenvalue weighted by Gasteiger charge is 2.21. The predicted octanol–water partition coefficient (Wildman–Crippen LogP) is -1.22. The molecule has 1 saturated heterocycles. The molecule has 1 aliphatic heterocycles. The van der Waals surface area contributed by atoms with Crippen LogP contribution in [0.25, 0.3) is 0 Å². The van der Waals surface area contributed by atoms with Crippen LogP contribution in [0.5, 0.6) is 0 Å².